The summed E-state index contributed by atoms with van der Waals surface area (Å²) < 4.78 is 5.52. The Kier molecular flexibility index (Phi) is 5.28. The molecule has 4 nitrogen and oxygen atoms in total. The molecule has 7 heteroatoms. The molecule has 0 aliphatic carbocycles. The Morgan fingerprint density at radius 3 is 2.52 bits per heavy atom. The molecule has 2 rings (SSSR count). The van der Waals surface area contributed by atoms with Crippen molar-refractivity contribution in [3.63, 3.8) is 0 Å². The zero-order valence-corrected chi connectivity index (χ0v) is 13.0. The van der Waals surface area contributed by atoms with E-state index in [1.165, 1.54) is 6.07 Å². The number of nitrogens with zero attached hydrogens (tertiary/aromatic N) is 1. The van der Waals surface area contributed by atoms with E-state index in [4.69, 9.17) is 39.5 Å². The van der Waals surface area contributed by atoms with Crippen molar-refractivity contribution < 1.29 is 9.66 Å². The number of hydrogen-bond donors (Lipinski definition) is 0. The molecule has 0 spiro atoms. The minimum absolute atomic E-state index is 0.0998. The molecule has 0 atom stereocenters. The van der Waals surface area contributed by atoms with E-state index in [-0.39, 0.29) is 23.9 Å². The van der Waals surface area contributed by atoms with Crippen LogP contribution in [0.4, 0.5) is 5.69 Å². The van der Waals surface area contributed by atoms with Gasteiger partial charge in [0.25, 0.3) is 0 Å². The minimum Gasteiger partial charge on any atom is -0.482 e. The molecule has 0 bridgehead atoms. The first-order chi connectivity index (χ1) is 10.0. The number of halogens is 3. The molecule has 0 unspecified atom stereocenters. The standard InChI is InChI=1S/C14H10Cl3NO3/c15-7-9-1-4-13(18(19)20)14(5-9)21-8-10-2-3-11(16)6-12(10)17/h1-6H,7-8H2. The Bertz CT molecular complexity index is 677. The third kappa shape index (κ3) is 4.00. The molecule has 0 N–H and O–H groups in total. The molecule has 2 aromatic carbocycles. The van der Waals surface area contributed by atoms with Gasteiger partial charge in [-0.1, -0.05) is 35.3 Å². The van der Waals surface area contributed by atoms with E-state index in [0.717, 1.165) is 5.56 Å². The second-order valence-electron chi connectivity index (χ2n) is 4.22. The topological polar surface area (TPSA) is 52.4 Å². The van der Waals surface area contributed by atoms with Crippen molar-refractivity contribution in [3.05, 3.63) is 67.7 Å². The average Bonchev–Trinajstić information content (AvgIpc) is 2.45. The highest BCUT2D eigenvalue weighted by atomic mass is 35.5. The second kappa shape index (κ2) is 6.98. The van der Waals surface area contributed by atoms with Crippen LogP contribution in [0.2, 0.25) is 10.0 Å². The third-order valence-corrected chi connectivity index (χ3v) is 3.67. The zero-order valence-electron chi connectivity index (χ0n) is 10.7. The summed E-state index contributed by atoms with van der Waals surface area (Å²) in [5, 5.41) is 11.9. The summed E-state index contributed by atoms with van der Waals surface area (Å²) in [6, 6.07) is 9.49. The summed E-state index contributed by atoms with van der Waals surface area (Å²) in [4.78, 5) is 10.5. The van der Waals surface area contributed by atoms with Crippen molar-refractivity contribution in [1.82, 2.24) is 0 Å². The summed E-state index contributed by atoms with van der Waals surface area (Å²) in [6.07, 6.45) is 0. The summed E-state index contributed by atoms with van der Waals surface area (Å²) in [5.41, 5.74) is 1.31. The van der Waals surface area contributed by atoms with Gasteiger partial charge >= 0.3 is 5.69 Å². The fourth-order valence-electron chi connectivity index (χ4n) is 1.70. The monoisotopic (exact) mass is 345 g/mol. The van der Waals surface area contributed by atoms with E-state index >= 15 is 0 Å². The molecule has 0 fully saturated rings. The van der Waals surface area contributed by atoms with E-state index in [2.05, 4.69) is 0 Å². The maximum absolute atomic E-state index is 11.0. The van der Waals surface area contributed by atoms with Gasteiger partial charge in [0.2, 0.25) is 0 Å². The Morgan fingerprint density at radius 1 is 1.14 bits per heavy atom. The highest BCUT2D eigenvalue weighted by molar-refractivity contribution is 6.35. The van der Waals surface area contributed by atoms with E-state index in [9.17, 15) is 10.1 Å². The molecule has 0 heterocycles. The molecule has 0 amide bonds. The lowest BCUT2D eigenvalue weighted by Crippen LogP contribution is -2.00. The lowest BCUT2D eigenvalue weighted by molar-refractivity contribution is -0.386. The van der Waals surface area contributed by atoms with Gasteiger partial charge in [0.1, 0.15) is 6.61 Å². The van der Waals surface area contributed by atoms with Crippen LogP contribution in [-0.4, -0.2) is 4.92 Å². The molecule has 0 saturated heterocycles. The van der Waals surface area contributed by atoms with E-state index in [1.54, 1.807) is 30.3 Å². The van der Waals surface area contributed by atoms with Crippen molar-refractivity contribution in [2.75, 3.05) is 0 Å². The van der Waals surface area contributed by atoms with Crippen LogP contribution in [-0.2, 0) is 12.5 Å². The Morgan fingerprint density at radius 2 is 1.90 bits per heavy atom. The van der Waals surface area contributed by atoms with E-state index < -0.39 is 4.92 Å². The van der Waals surface area contributed by atoms with Crippen LogP contribution in [0.3, 0.4) is 0 Å². The SMILES string of the molecule is O=[N+]([O-])c1ccc(CCl)cc1OCc1ccc(Cl)cc1Cl. The second-order valence-corrected chi connectivity index (χ2v) is 5.33. The largest absolute Gasteiger partial charge is 0.482 e. The zero-order chi connectivity index (χ0) is 15.4. The number of benzene rings is 2. The summed E-state index contributed by atoms with van der Waals surface area (Å²) >= 11 is 17.6. The van der Waals surface area contributed by atoms with Crippen molar-refractivity contribution in [1.29, 1.82) is 0 Å². The Hall–Kier alpha value is -1.49. The number of nitro benzene ring substituents is 1. The fourth-order valence-corrected chi connectivity index (χ4v) is 2.33. The fraction of sp³-hybridized carbons (Fsp3) is 0.143. The van der Waals surface area contributed by atoms with Crippen molar-refractivity contribution in [2.45, 2.75) is 12.5 Å². The predicted molar refractivity (Wildman–Crippen MR) is 83.4 cm³/mol. The number of alkyl halides is 1. The van der Waals surface area contributed by atoms with Crippen molar-refractivity contribution >= 4 is 40.5 Å². The molecular weight excluding hydrogens is 337 g/mol. The lowest BCUT2D eigenvalue weighted by Gasteiger charge is -2.09. The summed E-state index contributed by atoms with van der Waals surface area (Å²) in [7, 11) is 0. The molecule has 0 aliphatic heterocycles. The first-order valence-electron chi connectivity index (χ1n) is 5.91. The van der Waals surface area contributed by atoms with Gasteiger partial charge < -0.3 is 4.74 Å². The van der Waals surface area contributed by atoms with Gasteiger partial charge in [0, 0.05) is 27.6 Å². The van der Waals surface area contributed by atoms with Gasteiger partial charge in [-0.15, -0.1) is 11.6 Å². The molecular formula is C14H10Cl3NO3. The third-order valence-electron chi connectivity index (χ3n) is 2.77. The molecule has 0 radical (unpaired) electrons. The smallest absolute Gasteiger partial charge is 0.310 e. The van der Waals surface area contributed by atoms with Crippen LogP contribution in [0.25, 0.3) is 0 Å². The first-order valence-corrected chi connectivity index (χ1v) is 7.20. The highest BCUT2D eigenvalue weighted by Gasteiger charge is 2.16. The molecule has 0 saturated carbocycles. The normalized spacial score (nSPS) is 10.4. The predicted octanol–water partition coefficient (Wildman–Crippen LogP) is 5.22. The van der Waals surface area contributed by atoms with Crippen LogP contribution < -0.4 is 4.74 Å². The van der Waals surface area contributed by atoms with Gasteiger partial charge in [0.15, 0.2) is 5.75 Å². The highest BCUT2D eigenvalue weighted by Crippen LogP contribution is 2.30. The van der Waals surface area contributed by atoms with Gasteiger partial charge in [-0.25, -0.2) is 0 Å². The van der Waals surface area contributed by atoms with Gasteiger partial charge in [-0.05, 0) is 23.8 Å². The molecule has 0 aromatic heterocycles. The maximum atomic E-state index is 11.0. The molecule has 2 aromatic rings. The van der Waals surface area contributed by atoms with Crippen LogP contribution >= 0.6 is 34.8 Å². The molecule has 110 valence electrons. The van der Waals surface area contributed by atoms with Crippen LogP contribution in [0.1, 0.15) is 11.1 Å². The van der Waals surface area contributed by atoms with Crippen LogP contribution in [0.15, 0.2) is 36.4 Å². The van der Waals surface area contributed by atoms with Crippen LogP contribution in [0, 0.1) is 10.1 Å². The number of rotatable bonds is 5. The number of nitro groups is 1. The average molecular weight is 347 g/mol. The van der Waals surface area contributed by atoms with Gasteiger partial charge in [0.05, 0.1) is 4.92 Å². The summed E-state index contributed by atoms with van der Waals surface area (Å²) in [6.45, 7) is 0.0998. The number of ether oxygens (including phenoxy) is 1. The minimum atomic E-state index is -0.503. The van der Waals surface area contributed by atoms with E-state index in [1.807, 2.05) is 0 Å². The van der Waals surface area contributed by atoms with Crippen LogP contribution in [0.5, 0.6) is 5.75 Å². The van der Waals surface area contributed by atoms with E-state index in [0.29, 0.717) is 15.6 Å². The first kappa shape index (κ1) is 15.9. The maximum Gasteiger partial charge on any atom is 0.310 e. The number of hydrogen-bond acceptors (Lipinski definition) is 3. The molecule has 0 aliphatic rings. The van der Waals surface area contributed by atoms with Gasteiger partial charge in [-0.3, -0.25) is 10.1 Å². The quantitative estimate of drug-likeness (QED) is 0.424. The lowest BCUT2D eigenvalue weighted by atomic mass is 10.2. The Balaban J connectivity index is 2.24. The Labute approximate surface area is 136 Å². The van der Waals surface area contributed by atoms with Crippen molar-refractivity contribution in [2.24, 2.45) is 0 Å². The van der Waals surface area contributed by atoms with Gasteiger partial charge in [-0.2, -0.15) is 0 Å². The van der Waals surface area contributed by atoms with Crippen molar-refractivity contribution in [3.8, 4) is 5.75 Å². The summed E-state index contributed by atoms with van der Waals surface area (Å²) in [5.74, 6) is 0.403. The molecule has 21 heavy (non-hydrogen) atoms.